The number of carbonyl (C=O) groups is 1. The quantitative estimate of drug-likeness (QED) is 0.762. The van der Waals surface area contributed by atoms with Gasteiger partial charge in [-0.3, -0.25) is 4.79 Å². The van der Waals surface area contributed by atoms with Gasteiger partial charge in [0.25, 0.3) is 5.91 Å². The van der Waals surface area contributed by atoms with Crippen LogP contribution in [-0.4, -0.2) is 11.0 Å². The Balaban J connectivity index is 1.72. The van der Waals surface area contributed by atoms with Crippen molar-refractivity contribution in [3.63, 3.8) is 0 Å². The lowest BCUT2D eigenvalue weighted by Crippen LogP contribution is -2.11. The van der Waals surface area contributed by atoms with Crippen LogP contribution in [0.3, 0.4) is 0 Å². The number of rotatable bonds is 4. The molecule has 0 aliphatic carbocycles. The Labute approximate surface area is 135 Å². The molecule has 114 valence electrons. The van der Waals surface area contributed by atoms with Crippen molar-refractivity contribution in [3.8, 4) is 11.1 Å². The van der Waals surface area contributed by atoms with E-state index in [0.29, 0.717) is 11.3 Å². The minimum absolute atomic E-state index is 0.00479. The average Bonchev–Trinajstić information content (AvgIpc) is 2.63. The zero-order valence-corrected chi connectivity index (χ0v) is 12.6. The van der Waals surface area contributed by atoms with Gasteiger partial charge in [0.2, 0.25) is 0 Å². The minimum Gasteiger partial charge on any atom is -0.392 e. The molecule has 0 atom stereocenters. The highest BCUT2D eigenvalue weighted by Crippen LogP contribution is 2.20. The van der Waals surface area contributed by atoms with Crippen LogP contribution in [0, 0.1) is 0 Å². The SMILES string of the molecule is O=C(Nc1ccc(CO)cc1)c1ccc(-c2ccccc2)cc1. The fourth-order valence-electron chi connectivity index (χ4n) is 2.34. The fourth-order valence-corrected chi connectivity index (χ4v) is 2.34. The van der Waals surface area contributed by atoms with E-state index in [1.165, 1.54) is 0 Å². The lowest BCUT2D eigenvalue weighted by Gasteiger charge is -2.07. The summed E-state index contributed by atoms with van der Waals surface area (Å²) < 4.78 is 0. The van der Waals surface area contributed by atoms with Gasteiger partial charge in [0.15, 0.2) is 0 Å². The molecule has 0 aliphatic heterocycles. The number of benzene rings is 3. The molecule has 2 N–H and O–H groups in total. The van der Waals surface area contributed by atoms with Gasteiger partial charge in [0.05, 0.1) is 6.61 Å². The van der Waals surface area contributed by atoms with Crippen LogP contribution in [0.1, 0.15) is 15.9 Å². The van der Waals surface area contributed by atoms with Crippen LogP contribution < -0.4 is 5.32 Å². The Morgan fingerprint density at radius 1 is 0.783 bits per heavy atom. The van der Waals surface area contributed by atoms with Crippen LogP contribution in [0.15, 0.2) is 78.9 Å². The van der Waals surface area contributed by atoms with Gasteiger partial charge in [0, 0.05) is 11.3 Å². The van der Waals surface area contributed by atoms with E-state index in [1.807, 2.05) is 54.6 Å². The van der Waals surface area contributed by atoms with Crippen LogP contribution in [0.25, 0.3) is 11.1 Å². The summed E-state index contributed by atoms with van der Waals surface area (Å²) in [6.07, 6.45) is 0. The zero-order valence-electron chi connectivity index (χ0n) is 12.6. The normalized spacial score (nSPS) is 10.3. The minimum atomic E-state index is -0.152. The van der Waals surface area contributed by atoms with Gasteiger partial charge in [-0.1, -0.05) is 54.6 Å². The summed E-state index contributed by atoms with van der Waals surface area (Å²) >= 11 is 0. The van der Waals surface area contributed by atoms with Gasteiger partial charge < -0.3 is 10.4 Å². The molecule has 0 saturated heterocycles. The first-order valence-corrected chi connectivity index (χ1v) is 7.43. The Kier molecular flexibility index (Phi) is 4.50. The number of aliphatic hydroxyl groups excluding tert-OH is 1. The highest BCUT2D eigenvalue weighted by atomic mass is 16.3. The average molecular weight is 303 g/mol. The molecule has 3 nitrogen and oxygen atoms in total. The molecule has 0 saturated carbocycles. The molecule has 0 aromatic heterocycles. The molecule has 0 radical (unpaired) electrons. The molecule has 0 aliphatic rings. The molecular formula is C20H17NO2. The third-order valence-corrected chi connectivity index (χ3v) is 3.65. The maximum atomic E-state index is 12.3. The van der Waals surface area contributed by atoms with Crippen molar-refractivity contribution in [1.29, 1.82) is 0 Å². The molecule has 0 unspecified atom stereocenters. The van der Waals surface area contributed by atoms with E-state index in [9.17, 15) is 4.79 Å². The number of hydrogen-bond donors (Lipinski definition) is 2. The first-order valence-electron chi connectivity index (χ1n) is 7.43. The Morgan fingerprint density at radius 3 is 2.00 bits per heavy atom. The number of nitrogens with one attached hydrogen (secondary N) is 1. The first kappa shape index (κ1) is 15.0. The summed E-state index contributed by atoms with van der Waals surface area (Å²) in [6.45, 7) is -0.00479. The largest absolute Gasteiger partial charge is 0.392 e. The number of aliphatic hydroxyl groups is 1. The first-order chi connectivity index (χ1) is 11.3. The molecule has 3 heteroatoms. The maximum absolute atomic E-state index is 12.3. The van der Waals surface area contributed by atoms with Crippen molar-refractivity contribution < 1.29 is 9.90 Å². The highest BCUT2D eigenvalue weighted by Gasteiger charge is 2.06. The van der Waals surface area contributed by atoms with Gasteiger partial charge in [0.1, 0.15) is 0 Å². The van der Waals surface area contributed by atoms with E-state index in [2.05, 4.69) is 5.32 Å². The van der Waals surface area contributed by atoms with E-state index in [0.717, 1.165) is 16.7 Å². The second kappa shape index (κ2) is 6.90. The van der Waals surface area contributed by atoms with E-state index < -0.39 is 0 Å². The topological polar surface area (TPSA) is 49.3 Å². The monoisotopic (exact) mass is 303 g/mol. The summed E-state index contributed by atoms with van der Waals surface area (Å²) in [5.41, 5.74) is 4.33. The number of anilines is 1. The van der Waals surface area contributed by atoms with Gasteiger partial charge in [-0.25, -0.2) is 0 Å². The van der Waals surface area contributed by atoms with E-state index in [4.69, 9.17) is 5.11 Å². The smallest absolute Gasteiger partial charge is 0.255 e. The highest BCUT2D eigenvalue weighted by molar-refractivity contribution is 6.04. The van der Waals surface area contributed by atoms with E-state index in [-0.39, 0.29) is 12.5 Å². The Morgan fingerprint density at radius 2 is 1.39 bits per heavy atom. The standard InChI is InChI=1S/C20H17NO2/c22-14-15-6-12-19(13-7-15)21-20(23)18-10-8-17(9-11-18)16-4-2-1-3-5-16/h1-13,22H,14H2,(H,21,23). The van der Waals surface area contributed by atoms with Crippen molar-refractivity contribution >= 4 is 11.6 Å². The van der Waals surface area contributed by atoms with Crippen molar-refractivity contribution in [2.45, 2.75) is 6.61 Å². The van der Waals surface area contributed by atoms with Gasteiger partial charge in [-0.15, -0.1) is 0 Å². The molecule has 1 amide bonds. The predicted molar refractivity (Wildman–Crippen MR) is 92.2 cm³/mol. The summed E-state index contributed by atoms with van der Waals surface area (Å²) in [7, 11) is 0. The molecule has 3 rings (SSSR count). The van der Waals surface area contributed by atoms with Crippen LogP contribution in [0.2, 0.25) is 0 Å². The summed E-state index contributed by atoms with van der Waals surface area (Å²) in [4.78, 5) is 12.3. The van der Waals surface area contributed by atoms with Gasteiger partial charge >= 0.3 is 0 Å². The second-order valence-corrected chi connectivity index (χ2v) is 5.25. The third kappa shape index (κ3) is 3.65. The van der Waals surface area contributed by atoms with Crippen LogP contribution >= 0.6 is 0 Å². The van der Waals surface area contributed by atoms with Gasteiger partial charge in [-0.2, -0.15) is 0 Å². The number of hydrogen-bond acceptors (Lipinski definition) is 2. The van der Waals surface area contributed by atoms with E-state index >= 15 is 0 Å². The lowest BCUT2D eigenvalue weighted by atomic mass is 10.0. The van der Waals surface area contributed by atoms with E-state index in [1.54, 1.807) is 24.3 Å². The Hall–Kier alpha value is -2.91. The lowest BCUT2D eigenvalue weighted by molar-refractivity contribution is 0.102. The summed E-state index contributed by atoms with van der Waals surface area (Å²) in [6, 6.07) is 24.7. The maximum Gasteiger partial charge on any atom is 0.255 e. The molecular weight excluding hydrogens is 286 g/mol. The number of amides is 1. The number of carbonyl (C=O) groups excluding carboxylic acids is 1. The molecule has 23 heavy (non-hydrogen) atoms. The second-order valence-electron chi connectivity index (χ2n) is 5.25. The molecule has 3 aromatic rings. The van der Waals surface area contributed by atoms with Crippen molar-refractivity contribution in [2.24, 2.45) is 0 Å². The van der Waals surface area contributed by atoms with Crippen molar-refractivity contribution in [2.75, 3.05) is 5.32 Å². The van der Waals surface area contributed by atoms with Crippen molar-refractivity contribution in [3.05, 3.63) is 90.0 Å². The van der Waals surface area contributed by atoms with Crippen LogP contribution in [0.4, 0.5) is 5.69 Å². The van der Waals surface area contributed by atoms with Crippen molar-refractivity contribution in [1.82, 2.24) is 0 Å². The van der Waals surface area contributed by atoms with Gasteiger partial charge in [-0.05, 0) is 41.0 Å². The third-order valence-electron chi connectivity index (χ3n) is 3.65. The molecule has 0 fully saturated rings. The van der Waals surface area contributed by atoms with Crippen LogP contribution in [-0.2, 0) is 6.61 Å². The summed E-state index contributed by atoms with van der Waals surface area (Å²) in [5, 5.41) is 11.9. The predicted octanol–water partition coefficient (Wildman–Crippen LogP) is 4.10. The van der Waals surface area contributed by atoms with Crippen LogP contribution in [0.5, 0.6) is 0 Å². The molecule has 0 spiro atoms. The Bertz CT molecular complexity index is 778. The molecule has 0 heterocycles. The fraction of sp³-hybridized carbons (Fsp3) is 0.0500. The molecule has 3 aromatic carbocycles. The summed E-state index contributed by atoms with van der Waals surface area (Å²) in [5.74, 6) is -0.152. The zero-order chi connectivity index (χ0) is 16.1. The molecule has 0 bridgehead atoms.